The molecule has 1 aliphatic rings. The van der Waals surface area contributed by atoms with Crippen molar-refractivity contribution in [2.45, 2.75) is 0 Å². The molecule has 1 rings (SSSR count). The fraction of sp³-hybridized carbons (Fsp3) is 0. The van der Waals surface area contributed by atoms with Crippen molar-refractivity contribution in [2.24, 2.45) is 0 Å². The van der Waals surface area contributed by atoms with Gasteiger partial charge in [0.05, 0.1) is 0 Å². The van der Waals surface area contributed by atoms with Gasteiger partial charge in [-0.15, -0.1) is 0 Å². The zero-order valence-corrected chi connectivity index (χ0v) is 13.4. The summed E-state index contributed by atoms with van der Waals surface area (Å²) in [4.78, 5) is 0. The Balaban J connectivity index is 2.00. The number of hydrogen-bond donors (Lipinski definition) is 0. The molecular formula is S4Se4. The fourth-order valence-corrected chi connectivity index (χ4v) is 90.3. The molecule has 1 heterocycles. The first-order valence-electron chi connectivity index (χ1n) is 1.33. The Bertz CT molecular complexity index is 32.0. The maximum absolute atomic E-state index is 2.15. The van der Waals surface area contributed by atoms with Crippen LogP contribution in [0, 0.1) is 0 Å². The van der Waals surface area contributed by atoms with Gasteiger partial charge < -0.3 is 0 Å². The summed E-state index contributed by atoms with van der Waals surface area (Å²) in [5.41, 5.74) is 0. The van der Waals surface area contributed by atoms with E-state index in [0.29, 0.717) is 0 Å². The van der Waals surface area contributed by atoms with Crippen LogP contribution in [-0.4, -0.2) is 48.0 Å². The molecule has 1 fully saturated rings. The van der Waals surface area contributed by atoms with E-state index in [-0.39, 0.29) is 0 Å². The third-order valence-corrected chi connectivity index (χ3v) is 54.0. The van der Waals surface area contributed by atoms with E-state index in [2.05, 4.69) is 36.8 Å². The summed E-state index contributed by atoms with van der Waals surface area (Å²) in [6.07, 6.45) is 0. The van der Waals surface area contributed by atoms with Gasteiger partial charge >= 0.3 is 84.9 Å². The van der Waals surface area contributed by atoms with Crippen molar-refractivity contribution in [2.75, 3.05) is 0 Å². The molecule has 8 heavy (non-hydrogen) atoms. The van der Waals surface area contributed by atoms with E-state index in [4.69, 9.17) is 0 Å². The van der Waals surface area contributed by atoms with E-state index in [1.54, 1.807) is 0 Å². The molecule has 8 heteroatoms. The first kappa shape index (κ1) is 9.57. The second-order valence-electron chi connectivity index (χ2n) is 0.544. The Morgan fingerprint density at radius 2 is 0.750 bits per heavy atom. The van der Waals surface area contributed by atoms with Crippen LogP contribution in [0.1, 0.15) is 0 Å². The van der Waals surface area contributed by atoms with Crippen LogP contribution in [-0.2, 0) is 0 Å². The SMILES string of the molecule is S1S[Se][Se]SS[Se][Se]1. The van der Waals surface area contributed by atoms with Crippen LogP contribution in [0.2, 0.25) is 0 Å². The first-order chi connectivity index (χ1) is 4.00. The Kier molecular flexibility index (Phi) is 8.54. The summed E-state index contributed by atoms with van der Waals surface area (Å²) in [5.74, 6) is 0. The quantitative estimate of drug-likeness (QED) is 0.405. The second kappa shape index (κ2) is 7.14. The van der Waals surface area contributed by atoms with Crippen molar-refractivity contribution < 1.29 is 0 Å². The zero-order chi connectivity index (χ0) is 5.66. The van der Waals surface area contributed by atoms with E-state index in [1.807, 2.05) is 0 Å². The molecule has 0 bridgehead atoms. The molecule has 0 aliphatic carbocycles. The average Bonchev–Trinajstić information content (AvgIpc) is 1.62. The van der Waals surface area contributed by atoms with E-state index < -0.39 is 0 Å². The van der Waals surface area contributed by atoms with Crippen LogP contribution in [0.25, 0.3) is 0 Å². The van der Waals surface area contributed by atoms with Gasteiger partial charge in [0, 0.05) is 0 Å². The summed E-state index contributed by atoms with van der Waals surface area (Å²) in [6, 6.07) is 0. The predicted molar refractivity (Wildman–Crippen MR) is 53.4 cm³/mol. The van der Waals surface area contributed by atoms with Gasteiger partial charge in [-0.1, -0.05) is 0 Å². The fourth-order valence-electron chi connectivity index (χ4n) is 0.0907. The predicted octanol–water partition coefficient (Wildman–Crippen LogP) is 1.07. The van der Waals surface area contributed by atoms with Gasteiger partial charge in [0.2, 0.25) is 0 Å². The van der Waals surface area contributed by atoms with Crippen molar-refractivity contribution >= 4 is 84.9 Å². The van der Waals surface area contributed by atoms with Crippen molar-refractivity contribution in [3.05, 3.63) is 0 Å². The topological polar surface area (TPSA) is 0 Å². The van der Waals surface area contributed by atoms with Gasteiger partial charge in [-0.2, -0.15) is 0 Å². The van der Waals surface area contributed by atoms with E-state index in [9.17, 15) is 0 Å². The van der Waals surface area contributed by atoms with Gasteiger partial charge in [-0.25, -0.2) is 0 Å². The zero-order valence-electron chi connectivity index (χ0n) is 3.27. The van der Waals surface area contributed by atoms with E-state index in [0.717, 1.165) is 48.0 Å². The summed E-state index contributed by atoms with van der Waals surface area (Å²) in [7, 11) is 8.58. The van der Waals surface area contributed by atoms with Crippen LogP contribution >= 0.6 is 36.8 Å². The van der Waals surface area contributed by atoms with Crippen molar-refractivity contribution in [1.82, 2.24) is 0 Å². The third-order valence-electron chi connectivity index (χ3n) is 0.222. The third kappa shape index (κ3) is 5.17. The maximum atomic E-state index is 2.15. The molecule has 0 aromatic carbocycles. The minimum absolute atomic E-state index is 0.938. The van der Waals surface area contributed by atoms with Gasteiger partial charge in [0.1, 0.15) is 0 Å². The van der Waals surface area contributed by atoms with Crippen LogP contribution in [0.3, 0.4) is 0 Å². The summed E-state index contributed by atoms with van der Waals surface area (Å²) in [5, 5.41) is 0. The Morgan fingerprint density at radius 3 is 1.00 bits per heavy atom. The second-order valence-corrected chi connectivity index (χ2v) is 34.8. The molecule has 0 atom stereocenters. The van der Waals surface area contributed by atoms with Gasteiger partial charge in [0.15, 0.2) is 0 Å². The Morgan fingerprint density at radius 1 is 0.500 bits per heavy atom. The normalized spacial score (nSPS) is 24.0. The molecule has 0 unspecified atom stereocenters. The van der Waals surface area contributed by atoms with Crippen molar-refractivity contribution in [3.8, 4) is 0 Å². The van der Waals surface area contributed by atoms with Crippen molar-refractivity contribution in [3.63, 3.8) is 0 Å². The molecule has 48 valence electrons. The Labute approximate surface area is 83.2 Å². The molecule has 1 aliphatic heterocycles. The number of rotatable bonds is 0. The van der Waals surface area contributed by atoms with Gasteiger partial charge in [-0.05, 0) is 0 Å². The summed E-state index contributed by atoms with van der Waals surface area (Å²) >= 11 is 3.75. The summed E-state index contributed by atoms with van der Waals surface area (Å²) < 4.78 is 0. The molecule has 0 spiro atoms. The molecule has 0 N–H and O–H groups in total. The average molecular weight is 444 g/mol. The van der Waals surface area contributed by atoms with Gasteiger partial charge in [-0.3, -0.25) is 0 Å². The molecule has 0 nitrogen and oxygen atoms in total. The monoisotopic (exact) mass is 448 g/mol. The van der Waals surface area contributed by atoms with Crippen LogP contribution in [0.4, 0.5) is 0 Å². The summed E-state index contributed by atoms with van der Waals surface area (Å²) in [6.45, 7) is 0. The molecule has 0 aromatic rings. The van der Waals surface area contributed by atoms with E-state index in [1.165, 1.54) is 0 Å². The Hall–Kier alpha value is 3.48. The minimum atomic E-state index is 0.938. The molecule has 0 radical (unpaired) electrons. The molecule has 0 amide bonds. The molecule has 1 saturated heterocycles. The standard InChI is InChI=1S/S4Se4/c1-2-6-8-4-3-7-5-1. The van der Waals surface area contributed by atoms with Crippen LogP contribution in [0.15, 0.2) is 0 Å². The van der Waals surface area contributed by atoms with Gasteiger partial charge in [0.25, 0.3) is 0 Å². The molecule has 0 saturated carbocycles. The first-order valence-corrected chi connectivity index (χ1v) is 22.4. The molecule has 0 aromatic heterocycles. The number of hydrogen-bond acceptors (Lipinski definition) is 4. The van der Waals surface area contributed by atoms with Crippen LogP contribution < -0.4 is 0 Å². The van der Waals surface area contributed by atoms with Crippen molar-refractivity contribution in [1.29, 1.82) is 0 Å². The van der Waals surface area contributed by atoms with E-state index >= 15 is 0 Å². The van der Waals surface area contributed by atoms with Crippen LogP contribution in [0.5, 0.6) is 0 Å². The molecular weight excluding hydrogens is 444 g/mol.